The van der Waals surface area contributed by atoms with Crippen LogP contribution in [0.25, 0.3) is 10.9 Å². The third-order valence-corrected chi connectivity index (χ3v) is 3.21. The van der Waals surface area contributed by atoms with Gasteiger partial charge in [0.25, 0.3) is 0 Å². The van der Waals surface area contributed by atoms with E-state index in [1.807, 2.05) is 25.3 Å². The molecule has 20 heavy (non-hydrogen) atoms. The van der Waals surface area contributed by atoms with Gasteiger partial charge in [0.2, 0.25) is 0 Å². The lowest BCUT2D eigenvalue weighted by Gasteiger charge is -2.07. The number of hydrogen-bond acceptors (Lipinski definition) is 4. The number of para-hydroxylation sites is 1. The predicted octanol–water partition coefficient (Wildman–Crippen LogP) is 2.99. The molecule has 4 nitrogen and oxygen atoms in total. The summed E-state index contributed by atoms with van der Waals surface area (Å²) < 4.78 is 0. The lowest BCUT2D eigenvalue weighted by Crippen LogP contribution is -2.07. The van der Waals surface area contributed by atoms with Crippen molar-refractivity contribution in [1.29, 1.82) is 0 Å². The van der Waals surface area contributed by atoms with Crippen molar-refractivity contribution in [1.82, 2.24) is 15.2 Å². The highest BCUT2D eigenvalue weighted by Crippen LogP contribution is 2.16. The van der Waals surface area contributed by atoms with Crippen LogP contribution in [-0.4, -0.2) is 21.7 Å². The molecular weight excluding hydrogens is 248 g/mol. The summed E-state index contributed by atoms with van der Waals surface area (Å²) >= 11 is 0. The molecule has 100 valence electrons. The van der Waals surface area contributed by atoms with Crippen LogP contribution in [0.15, 0.2) is 48.8 Å². The van der Waals surface area contributed by atoms with Crippen molar-refractivity contribution in [2.24, 2.45) is 0 Å². The van der Waals surface area contributed by atoms with Crippen LogP contribution in [0.5, 0.6) is 0 Å². The van der Waals surface area contributed by atoms with Crippen LogP contribution in [0, 0.1) is 6.92 Å². The lowest BCUT2D eigenvalue weighted by atomic mass is 10.1. The van der Waals surface area contributed by atoms with Crippen LogP contribution in [0.3, 0.4) is 0 Å². The van der Waals surface area contributed by atoms with Gasteiger partial charge in [-0.25, -0.2) is 0 Å². The number of anilines is 1. The monoisotopic (exact) mass is 264 g/mol. The van der Waals surface area contributed by atoms with Crippen LogP contribution in [0.2, 0.25) is 0 Å². The predicted molar refractivity (Wildman–Crippen MR) is 80.7 cm³/mol. The van der Waals surface area contributed by atoms with E-state index < -0.39 is 0 Å². The SMILES string of the molecule is Cc1cnnc(NCCc2cccc3cccnc23)c1. The zero-order chi connectivity index (χ0) is 13.8. The van der Waals surface area contributed by atoms with Crippen molar-refractivity contribution in [3.05, 3.63) is 59.9 Å². The first-order valence-corrected chi connectivity index (χ1v) is 6.69. The number of benzene rings is 1. The third kappa shape index (κ3) is 2.74. The molecule has 4 heteroatoms. The molecule has 0 amide bonds. The van der Waals surface area contributed by atoms with E-state index in [0.717, 1.165) is 29.9 Å². The highest BCUT2D eigenvalue weighted by molar-refractivity contribution is 5.81. The second-order valence-corrected chi connectivity index (χ2v) is 4.79. The Morgan fingerprint density at radius 2 is 2.05 bits per heavy atom. The topological polar surface area (TPSA) is 50.7 Å². The van der Waals surface area contributed by atoms with Gasteiger partial charge in [0, 0.05) is 18.1 Å². The van der Waals surface area contributed by atoms with Crippen molar-refractivity contribution in [2.45, 2.75) is 13.3 Å². The van der Waals surface area contributed by atoms with Gasteiger partial charge in [0.1, 0.15) is 5.82 Å². The first-order valence-electron chi connectivity index (χ1n) is 6.69. The molecule has 0 saturated heterocycles. The molecule has 0 radical (unpaired) electrons. The van der Waals surface area contributed by atoms with Gasteiger partial charge in [-0.05, 0) is 36.6 Å². The van der Waals surface area contributed by atoms with Gasteiger partial charge in [-0.3, -0.25) is 4.98 Å². The highest BCUT2D eigenvalue weighted by Gasteiger charge is 2.02. The maximum Gasteiger partial charge on any atom is 0.148 e. The number of fused-ring (bicyclic) bond motifs is 1. The maximum absolute atomic E-state index is 4.47. The van der Waals surface area contributed by atoms with Crippen molar-refractivity contribution in [3.8, 4) is 0 Å². The number of aryl methyl sites for hydroxylation is 1. The molecule has 0 unspecified atom stereocenters. The summed E-state index contributed by atoms with van der Waals surface area (Å²) in [6, 6.07) is 12.3. The summed E-state index contributed by atoms with van der Waals surface area (Å²) in [6.45, 7) is 2.82. The van der Waals surface area contributed by atoms with Crippen LogP contribution in [0.4, 0.5) is 5.82 Å². The second-order valence-electron chi connectivity index (χ2n) is 4.79. The Hall–Kier alpha value is -2.49. The molecule has 3 rings (SSSR count). The number of hydrogen-bond donors (Lipinski definition) is 1. The Morgan fingerprint density at radius 3 is 2.95 bits per heavy atom. The van der Waals surface area contributed by atoms with Crippen molar-refractivity contribution >= 4 is 16.7 Å². The zero-order valence-corrected chi connectivity index (χ0v) is 11.4. The Bertz CT molecular complexity index is 719. The molecule has 2 aromatic heterocycles. The van der Waals surface area contributed by atoms with E-state index in [2.05, 4.69) is 44.8 Å². The molecule has 0 atom stereocenters. The summed E-state index contributed by atoms with van der Waals surface area (Å²) in [4.78, 5) is 4.47. The van der Waals surface area contributed by atoms with E-state index in [1.54, 1.807) is 6.20 Å². The van der Waals surface area contributed by atoms with Crippen molar-refractivity contribution in [3.63, 3.8) is 0 Å². The number of nitrogens with one attached hydrogen (secondary N) is 1. The minimum atomic E-state index is 0.813. The Labute approximate surface area is 117 Å². The van der Waals surface area contributed by atoms with Gasteiger partial charge in [-0.2, -0.15) is 5.10 Å². The largest absolute Gasteiger partial charge is 0.368 e. The summed E-state index contributed by atoms with van der Waals surface area (Å²) in [6.07, 6.45) is 4.50. The minimum Gasteiger partial charge on any atom is -0.368 e. The summed E-state index contributed by atoms with van der Waals surface area (Å²) in [5.74, 6) is 0.818. The fraction of sp³-hybridized carbons (Fsp3) is 0.188. The molecule has 1 N–H and O–H groups in total. The molecule has 0 aliphatic carbocycles. The van der Waals surface area contributed by atoms with E-state index >= 15 is 0 Å². The smallest absolute Gasteiger partial charge is 0.148 e. The molecule has 0 aliphatic rings. The molecule has 0 saturated carbocycles. The number of pyridine rings is 1. The maximum atomic E-state index is 4.47. The molecular formula is C16H16N4. The Kier molecular flexibility index (Phi) is 3.54. The average molecular weight is 264 g/mol. The number of nitrogens with zero attached hydrogens (tertiary/aromatic N) is 3. The van der Waals surface area contributed by atoms with E-state index in [4.69, 9.17) is 0 Å². The van der Waals surface area contributed by atoms with Crippen LogP contribution in [-0.2, 0) is 6.42 Å². The van der Waals surface area contributed by atoms with Crippen molar-refractivity contribution in [2.75, 3.05) is 11.9 Å². The van der Waals surface area contributed by atoms with Crippen LogP contribution >= 0.6 is 0 Å². The zero-order valence-electron chi connectivity index (χ0n) is 11.4. The van der Waals surface area contributed by atoms with Gasteiger partial charge >= 0.3 is 0 Å². The fourth-order valence-corrected chi connectivity index (χ4v) is 2.24. The molecule has 3 aromatic rings. The Balaban J connectivity index is 1.71. The third-order valence-electron chi connectivity index (χ3n) is 3.21. The standard InChI is InChI=1S/C16H16N4/c1-12-10-15(20-19-11-12)17-9-7-14-5-2-4-13-6-3-8-18-16(13)14/h2-6,8,10-11H,7,9H2,1H3,(H,17,20). The van der Waals surface area contributed by atoms with Crippen LogP contribution in [0.1, 0.15) is 11.1 Å². The quantitative estimate of drug-likeness (QED) is 0.787. The van der Waals surface area contributed by atoms with Crippen molar-refractivity contribution < 1.29 is 0 Å². The van der Waals surface area contributed by atoms with Gasteiger partial charge in [0.15, 0.2) is 0 Å². The van der Waals surface area contributed by atoms with E-state index in [1.165, 1.54) is 10.9 Å². The van der Waals surface area contributed by atoms with Crippen LogP contribution < -0.4 is 5.32 Å². The first kappa shape index (κ1) is 12.5. The summed E-state index contributed by atoms with van der Waals surface area (Å²) in [5.41, 5.74) is 3.43. The number of rotatable bonds is 4. The molecule has 1 aromatic carbocycles. The molecule has 0 bridgehead atoms. The van der Waals surface area contributed by atoms with E-state index in [-0.39, 0.29) is 0 Å². The average Bonchev–Trinajstić information content (AvgIpc) is 2.48. The number of aromatic nitrogens is 3. The van der Waals surface area contributed by atoms with Gasteiger partial charge < -0.3 is 5.32 Å². The summed E-state index contributed by atoms with van der Waals surface area (Å²) in [7, 11) is 0. The summed E-state index contributed by atoms with van der Waals surface area (Å²) in [5, 5.41) is 12.5. The molecule has 0 spiro atoms. The van der Waals surface area contributed by atoms with Gasteiger partial charge in [-0.15, -0.1) is 5.10 Å². The Morgan fingerprint density at radius 1 is 1.15 bits per heavy atom. The second kappa shape index (κ2) is 5.65. The van der Waals surface area contributed by atoms with Gasteiger partial charge in [-0.1, -0.05) is 24.3 Å². The normalized spacial score (nSPS) is 10.7. The van der Waals surface area contributed by atoms with E-state index in [0.29, 0.717) is 0 Å². The van der Waals surface area contributed by atoms with E-state index in [9.17, 15) is 0 Å². The fourth-order valence-electron chi connectivity index (χ4n) is 2.24. The molecule has 0 aliphatic heterocycles. The molecule has 2 heterocycles. The van der Waals surface area contributed by atoms with Gasteiger partial charge in [0.05, 0.1) is 11.7 Å². The molecule has 0 fully saturated rings. The minimum absolute atomic E-state index is 0.813. The first-order chi connectivity index (χ1) is 9.83. The lowest BCUT2D eigenvalue weighted by molar-refractivity contribution is 0.962. The highest BCUT2D eigenvalue weighted by atomic mass is 15.2.